The van der Waals surface area contributed by atoms with Gasteiger partial charge in [-0.2, -0.15) is 0 Å². The number of nitrogens with zero attached hydrogens (tertiary/aromatic N) is 3. The van der Waals surface area contributed by atoms with Gasteiger partial charge in [0.2, 0.25) is 0 Å². The zero-order valence-corrected chi connectivity index (χ0v) is 18.9. The van der Waals surface area contributed by atoms with E-state index >= 15 is 0 Å². The molecule has 5 rings (SSSR count). The Kier molecular flexibility index (Phi) is 5.75. The van der Waals surface area contributed by atoms with Crippen LogP contribution in [0.5, 0.6) is 23.0 Å². The van der Waals surface area contributed by atoms with E-state index in [4.69, 9.17) is 23.9 Å². The molecule has 0 unspecified atom stereocenters. The lowest BCUT2D eigenvalue weighted by Gasteiger charge is -2.23. The number of amides is 1. The molecule has 32 heavy (non-hydrogen) atoms. The maximum Gasteiger partial charge on any atom is 0.260 e. The Balaban J connectivity index is 1.48. The van der Waals surface area contributed by atoms with Crippen LogP contribution in [0.4, 0.5) is 5.13 Å². The van der Waals surface area contributed by atoms with Crippen molar-refractivity contribution in [1.29, 1.82) is 0 Å². The van der Waals surface area contributed by atoms with Gasteiger partial charge in [-0.05, 0) is 45.3 Å². The molecular weight excluding hydrogens is 430 g/mol. The number of fused-ring (bicyclic) bond motifs is 3. The molecule has 0 saturated heterocycles. The number of rotatable bonds is 6. The summed E-state index contributed by atoms with van der Waals surface area (Å²) in [6.07, 6.45) is 0.821. The van der Waals surface area contributed by atoms with Crippen LogP contribution in [-0.4, -0.2) is 69.4 Å². The van der Waals surface area contributed by atoms with E-state index in [1.165, 1.54) is 11.3 Å². The predicted molar refractivity (Wildman–Crippen MR) is 123 cm³/mol. The first-order valence-electron chi connectivity index (χ1n) is 10.6. The average Bonchev–Trinajstić information content (AvgIpc) is 3.21. The first-order valence-corrected chi connectivity index (χ1v) is 11.5. The molecule has 2 aromatic carbocycles. The van der Waals surface area contributed by atoms with Gasteiger partial charge in [-0.3, -0.25) is 9.69 Å². The standard InChI is InChI=1S/C23H25N3O5S/c1-25(2)6-3-7-26(22(27)15-4-5-17-18(12-15)29-9-8-28-17)23-24-16-13-19-20(14-21(16)32-23)31-11-10-30-19/h4-5,12-14H,3,6-11H2,1-2H3. The summed E-state index contributed by atoms with van der Waals surface area (Å²) >= 11 is 1.48. The Labute approximate surface area is 190 Å². The number of carbonyl (C=O) groups excluding carboxylic acids is 1. The first kappa shape index (κ1) is 20.8. The van der Waals surface area contributed by atoms with E-state index in [1.54, 1.807) is 23.1 Å². The maximum atomic E-state index is 13.6. The van der Waals surface area contributed by atoms with E-state index in [0.29, 0.717) is 60.9 Å². The van der Waals surface area contributed by atoms with Crippen LogP contribution < -0.4 is 23.8 Å². The summed E-state index contributed by atoms with van der Waals surface area (Å²) in [4.78, 5) is 22.2. The monoisotopic (exact) mass is 455 g/mol. The van der Waals surface area contributed by atoms with Crippen LogP contribution in [-0.2, 0) is 0 Å². The summed E-state index contributed by atoms with van der Waals surface area (Å²) in [5.41, 5.74) is 1.34. The highest BCUT2D eigenvalue weighted by molar-refractivity contribution is 7.22. The number of carbonyl (C=O) groups is 1. The summed E-state index contributed by atoms with van der Waals surface area (Å²) < 4.78 is 23.6. The van der Waals surface area contributed by atoms with E-state index in [9.17, 15) is 4.79 Å². The number of hydrogen-bond donors (Lipinski definition) is 0. The van der Waals surface area contributed by atoms with Crippen molar-refractivity contribution in [2.24, 2.45) is 0 Å². The molecule has 2 aliphatic heterocycles. The fourth-order valence-electron chi connectivity index (χ4n) is 3.73. The van der Waals surface area contributed by atoms with Crippen molar-refractivity contribution in [2.45, 2.75) is 6.42 Å². The lowest BCUT2D eigenvalue weighted by Crippen LogP contribution is -2.33. The van der Waals surface area contributed by atoms with E-state index < -0.39 is 0 Å². The fraction of sp³-hybridized carbons (Fsp3) is 0.391. The number of hydrogen-bond acceptors (Lipinski definition) is 8. The smallest absolute Gasteiger partial charge is 0.260 e. The van der Waals surface area contributed by atoms with Crippen molar-refractivity contribution in [2.75, 3.05) is 58.5 Å². The van der Waals surface area contributed by atoms with E-state index in [2.05, 4.69) is 4.90 Å². The van der Waals surface area contributed by atoms with Crippen LogP contribution in [0.3, 0.4) is 0 Å². The molecule has 0 atom stereocenters. The summed E-state index contributed by atoms with van der Waals surface area (Å²) in [6.45, 7) is 3.46. The van der Waals surface area contributed by atoms with Crippen LogP contribution in [0.2, 0.25) is 0 Å². The molecule has 0 aliphatic carbocycles. The van der Waals surface area contributed by atoms with Crippen molar-refractivity contribution in [1.82, 2.24) is 9.88 Å². The van der Waals surface area contributed by atoms with Gasteiger partial charge in [0.25, 0.3) is 5.91 Å². The van der Waals surface area contributed by atoms with Crippen molar-refractivity contribution < 1.29 is 23.7 Å². The molecule has 0 spiro atoms. The van der Waals surface area contributed by atoms with Crippen molar-refractivity contribution >= 4 is 32.6 Å². The Morgan fingerprint density at radius 2 is 1.56 bits per heavy atom. The molecule has 3 heterocycles. The number of anilines is 1. The quantitative estimate of drug-likeness (QED) is 0.564. The van der Waals surface area contributed by atoms with E-state index in [-0.39, 0.29) is 5.91 Å². The Hall–Kier alpha value is -3.04. The summed E-state index contributed by atoms with van der Waals surface area (Å²) in [5.74, 6) is 2.56. The van der Waals surface area contributed by atoms with E-state index in [1.807, 2.05) is 26.2 Å². The lowest BCUT2D eigenvalue weighted by molar-refractivity contribution is 0.0984. The van der Waals surface area contributed by atoms with Crippen LogP contribution in [0, 0.1) is 0 Å². The highest BCUT2D eigenvalue weighted by Crippen LogP contribution is 2.39. The van der Waals surface area contributed by atoms with Gasteiger partial charge in [-0.25, -0.2) is 4.98 Å². The Morgan fingerprint density at radius 3 is 2.28 bits per heavy atom. The molecule has 0 bridgehead atoms. The van der Waals surface area contributed by atoms with Gasteiger partial charge in [0.15, 0.2) is 28.1 Å². The second-order valence-electron chi connectivity index (χ2n) is 7.93. The Bertz CT molecular complexity index is 1100. The molecule has 2 aliphatic rings. The minimum atomic E-state index is -0.114. The molecule has 0 fully saturated rings. The molecular formula is C23H25N3O5S. The summed E-state index contributed by atoms with van der Waals surface area (Å²) in [6, 6.07) is 9.15. The zero-order valence-electron chi connectivity index (χ0n) is 18.1. The number of benzene rings is 2. The van der Waals surface area contributed by atoms with Gasteiger partial charge in [0.1, 0.15) is 26.4 Å². The maximum absolute atomic E-state index is 13.6. The lowest BCUT2D eigenvalue weighted by atomic mass is 10.1. The molecule has 1 aromatic heterocycles. The number of aromatic nitrogens is 1. The molecule has 0 radical (unpaired) electrons. The average molecular weight is 456 g/mol. The number of ether oxygens (including phenoxy) is 4. The molecule has 168 valence electrons. The topological polar surface area (TPSA) is 73.4 Å². The SMILES string of the molecule is CN(C)CCCN(C(=O)c1ccc2c(c1)OCCO2)c1nc2cc3c(cc2s1)OCCO3. The summed E-state index contributed by atoms with van der Waals surface area (Å²) in [7, 11) is 4.05. The molecule has 3 aromatic rings. The van der Waals surface area contributed by atoms with Crippen LogP contribution in [0.1, 0.15) is 16.8 Å². The first-order chi connectivity index (χ1) is 15.6. The van der Waals surface area contributed by atoms with Gasteiger partial charge >= 0.3 is 0 Å². The third-order valence-corrected chi connectivity index (χ3v) is 6.33. The van der Waals surface area contributed by atoms with Gasteiger partial charge in [-0.15, -0.1) is 0 Å². The molecule has 8 nitrogen and oxygen atoms in total. The van der Waals surface area contributed by atoms with Crippen LogP contribution in [0.15, 0.2) is 30.3 Å². The minimum Gasteiger partial charge on any atom is -0.486 e. The summed E-state index contributed by atoms with van der Waals surface area (Å²) in [5, 5.41) is 0.654. The largest absolute Gasteiger partial charge is 0.486 e. The molecule has 0 saturated carbocycles. The zero-order chi connectivity index (χ0) is 22.1. The van der Waals surface area contributed by atoms with Gasteiger partial charge < -0.3 is 23.8 Å². The van der Waals surface area contributed by atoms with Crippen LogP contribution >= 0.6 is 11.3 Å². The highest BCUT2D eigenvalue weighted by atomic mass is 32.1. The highest BCUT2D eigenvalue weighted by Gasteiger charge is 2.24. The fourth-order valence-corrected chi connectivity index (χ4v) is 4.73. The van der Waals surface area contributed by atoms with Gasteiger partial charge in [0.05, 0.1) is 10.2 Å². The predicted octanol–water partition coefficient (Wildman–Crippen LogP) is 3.44. The molecule has 1 amide bonds. The normalized spacial score (nSPS) is 14.6. The molecule has 0 N–H and O–H groups in total. The van der Waals surface area contributed by atoms with Crippen LogP contribution in [0.25, 0.3) is 10.2 Å². The minimum absolute atomic E-state index is 0.114. The third-order valence-electron chi connectivity index (χ3n) is 5.29. The number of thiazole rings is 1. The molecule has 9 heteroatoms. The second kappa shape index (κ2) is 8.84. The van der Waals surface area contributed by atoms with E-state index in [0.717, 1.165) is 28.9 Å². The van der Waals surface area contributed by atoms with Crippen molar-refractivity contribution in [3.05, 3.63) is 35.9 Å². The van der Waals surface area contributed by atoms with Crippen molar-refractivity contribution in [3.8, 4) is 23.0 Å². The van der Waals surface area contributed by atoms with Gasteiger partial charge in [0, 0.05) is 24.2 Å². The Morgan fingerprint density at radius 1 is 0.906 bits per heavy atom. The van der Waals surface area contributed by atoms with Crippen molar-refractivity contribution in [3.63, 3.8) is 0 Å². The second-order valence-corrected chi connectivity index (χ2v) is 8.94. The van der Waals surface area contributed by atoms with Gasteiger partial charge in [-0.1, -0.05) is 11.3 Å². The third kappa shape index (κ3) is 4.18.